The first-order chi connectivity index (χ1) is 5.57. The molecule has 12 heavy (non-hydrogen) atoms. The van der Waals surface area contributed by atoms with Crippen LogP contribution in [-0.4, -0.2) is 20.4 Å². The molecule has 0 aliphatic carbocycles. The maximum atomic E-state index is 5.91. The first-order valence-electron chi connectivity index (χ1n) is 5.03. The van der Waals surface area contributed by atoms with Crippen molar-refractivity contribution in [1.29, 1.82) is 0 Å². The van der Waals surface area contributed by atoms with E-state index in [9.17, 15) is 0 Å². The van der Waals surface area contributed by atoms with Crippen LogP contribution in [0.4, 0.5) is 0 Å². The summed E-state index contributed by atoms with van der Waals surface area (Å²) in [6.07, 6.45) is 3.58. The van der Waals surface area contributed by atoms with E-state index >= 15 is 0 Å². The molecule has 0 spiro atoms. The van der Waals surface area contributed by atoms with Gasteiger partial charge in [0.05, 0.1) is 0 Å². The molecule has 0 amide bonds. The number of rotatable bonds is 6. The lowest BCUT2D eigenvalue weighted by molar-refractivity contribution is 0.473. The Labute approximate surface area is 77.5 Å². The molecule has 0 saturated carbocycles. The second kappa shape index (κ2) is 6.50. The van der Waals surface area contributed by atoms with Crippen LogP contribution in [0, 0.1) is 5.92 Å². The summed E-state index contributed by atoms with van der Waals surface area (Å²) < 4.78 is 0. The Kier molecular flexibility index (Phi) is 6.49. The summed E-state index contributed by atoms with van der Waals surface area (Å²) in [5.41, 5.74) is 11.4. The van der Waals surface area contributed by atoms with Gasteiger partial charge in [-0.05, 0) is 31.3 Å². The molecule has 0 heterocycles. The minimum Gasteiger partial charge on any atom is -0.330 e. The predicted molar refractivity (Wildman–Crippen MR) is 58.0 cm³/mol. The molecule has 0 aromatic heterocycles. The molecule has 0 bridgehead atoms. The molecule has 2 nitrogen and oxygen atoms in total. The van der Waals surface area contributed by atoms with Crippen molar-refractivity contribution >= 4 is 7.85 Å². The average Bonchev–Trinajstić information content (AvgIpc) is 2.03. The highest BCUT2D eigenvalue weighted by Gasteiger charge is 2.07. The van der Waals surface area contributed by atoms with Crippen LogP contribution in [0.15, 0.2) is 0 Å². The monoisotopic (exact) mass is 170 g/mol. The molecular weight excluding hydrogens is 147 g/mol. The molecule has 3 heteroatoms. The van der Waals surface area contributed by atoms with Crippen molar-refractivity contribution in [3.05, 3.63) is 0 Å². The predicted octanol–water partition coefficient (Wildman–Crippen LogP) is 0.520. The second-order valence-corrected chi connectivity index (χ2v) is 4.18. The van der Waals surface area contributed by atoms with Gasteiger partial charge < -0.3 is 11.5 Å². The van der Waals surface area contributed by atoms with Crippen LogP contribution in [0.25, 0.3) is 0 Å². The molecule has 0 aromatic carbocycles. The first-order valence-corrected chi connectivity index (χ1v) is 5.03. The van der Waals surface area contributed by atoms with Crippen molar-refractivity contribution in [1.82, 2.24) is 0 Å². The summed E-state index contributed by atoms with van der Waals surface area (Å²) in [5, 5.41) is 0. The maximum Gasteiger partial charge on any atom is 0.107 e. The van der Waals surface area contributed by atoms with Gasteiger partial charge in [0.15, 0.2) is 0 Å². The van der Waals surface area contributed by atoms with Crippen molar-refractivity contribution < 1.29 is 0 Å². The van der Waals surface area contributed by atoms with Gasteiger partial charge >= 0.3 is 0 Å². The smallest absolute Gasteiger partial charge is 0.107 e. The zero-order chi connectivity index (χ0) is 9.56. The van der Waals surface area contributed by atoms with Crippen LogP contribution in [-0.2, 0) is 0 Å². The van der Waals surface area contributed by atoms with E-state index in [2.05, 4.69) is 21.7 Å². The van der Waals surface area contributed by atoms with E-state index in [4.69, 9.17) is 11.5 Å². The van der Waals surface area contributed by atoms with Gasteiger partial charge in [0, 0.05) is 0 Å². The van der Waals surface area contributed by atoms with Crippen LogP contribution in [0.5, 0.6) is 0 Å². The molecule has 0 aromatic rings. The standard InChI is InChI=1S/C9H23BN2/c1-7(6-11)4-3-5-9(12)8(2)10/h7-9H,3-6,10-12H2,1-2H3. The van der Waals surface area contributed by atoms with Crippen molar-refractivity contribution in [2.45, 2.75) is 45.0 Å². The molecule has 0 saturated heterocycles. The Morgan fingerprint density at radius 2 is 1.83 bits per heavy atom. The summed E-state index contributed by atoms with van der Waals surface area (Å²) >= 11 is 0. The van der Waals surface area contributed by atoms with Gasteiger partial charge in [-0.3, -0.25) is 0 Å². The minimum atomic E-state index is 0.370. The highest BCUT2D eigenvalue weighted by molar-refractivity contribution is 6.11. The molecule has 72 valence electrons. The quantitative estimate of drug-likeness (QED) is 0.571. The van der Waals surface area contributed by atoms with Gasteiger partial charge in [0.25, 0.3) is 0 Å². The lowest BCUT2D eigenvalue weighted by atomic mass is 9.81. The first kappa shape index (κ1) is 12.0. The molecule has 0 radical (unpaired) electrons. The Morgan fingerprint density at radius 3 is 2.25 bits per heavy atom. The van der Waals surface area contributed by atoms with E-state index in [1.807, 2.05) is 0 Å². The van der Waals surface area contributed by atoms with Gasteiger partial charge in [-0.2, -0.15) is 0 Å². The molecule has 3 unspecified atom stereocenters. The largest absolute Gasteiger partial charge is 0.330 e. The molecule has 0 fully saturated rings. The van der Waals surface area contributed by atoms with Crippen molar-refractivity contribution in [3.63, 3.8) is 0 Å². The third-order valence-corrected chi connectivity index (χ3v) is 2.49. The summed E-state index contributed by atoms with van der Waals surface area (Å²) in [7, 11) is 2.18. The Morgan fingerprint density at radius 1 is 1.25 bits per heavy atom. The lowest BCUT2D eigenvalue weighted by Gasteiger charge is -2.16. The van der Waals surface area contributed by atoms with E-state index in [1.54, 1.807) is 0 Å². The number of hydrogen-bond donors (Lipinski definition) is 2. The Hall–Kier alpha value is -0.0151. The van der Waals surface area contributed by atoms with Crippen molar-refractivity contribution in [2.75, 3.05) is 6.54 Å². The fourth-order valence-corrected chi connectivity index (χ4v) is 1.15. The van der Waals surface area contributed by atoms with Gasteiger partial charge in [-0.25, -0.2) is 0 Å². The third kappa shape index (κ3) is 5.61. The Balaban J connectivity index is 3.30. The third-order valence-electron chi connectivity index (χ3n) is 2.49. The van der Waals surface area contributed by atoms with E-state index in [0.717, 1.165) is 13.0 Å². The summed E-state index contributed by atoms with van der Waals surface area (Å²) in [6.45, 7) is 5.18. The second-order valence-electron chi connectivity index (χ2n) is 4.18. The summed E-state index contributed by atoms with van der Waals surface area (Å²) in [5.74, 6) is 1.27. The molecule has 0 aliphatic heterocycles. The number of nitrogens with two attached hydrogens (primary N) is 2. The van der Waals surface area contributed by atoms with Crippen molar-refractivity contribution in [2.24, 2.45) is 17.4 Å². The lowest BCUT2D eigenvalue weighted by Crippen LogP contribution is -2.24. The fraction of sp³-hybridized carbons (Fsp3) is 1.00. The van der Waals surface area contributed by atoms with Gasteiger partial charge in [-0.1, -0.05) is 26.1 Å². The maximum absolute atomic E-state index is 5.91. The zero-order valence-electron chi connectivity index (χ0n) is 8.72. The van der Waals surface area contributed by atoms with E-state index in [-0.39, 0.29) is 0 Å². The van der Waals surface area contributed by atoms with E-state index in [0.29, 0.717) is 17.8 Å². The average molecular weight is 170 g/mol. The SMILES string of the molecule is BC(C)C(N)CCCC(C)CN. The Bertz CT molecular complexity index is 107. The van der Waals surface area contributed by atoms with E-state index < -0.39 is 0 Å². The highest BCUT2D eigenvalue weighted by atomic mass is 14.6. The van der Waals surface area contributed by atoms with Gasteiger partial charge in [0.2, 0.25) is 0 Å². The molecule has 0 aliphatic rings. The fourth-order valence-electron chi connectivity index (χ4n) is 1.15. The number of hydrogen-bond acceptors (Lipinski definition) is 2. The van der Waals surface area contributed by atoms with Gasteiger partial charge in [-0.15, -0.1) is 0 Å². The van der Waals surface area contributed by atoms with Gasteiger partial charge in [0.1, 0.15) is 7.85 Å². The van der Waals surface area contributed by atoms with E-state index in [1.165, 1.54) is 12.8 Å². The zero-order valence-corrected chi connectivity index (χ0v) is 8.72. The molecular formula is C9H23BN2. The summed E-state index contributed by atoms with van der Waals surface area (Å²) in [4.78, 5) is 0. The molecule has 4 N–H and O–H groups in total. The summed E-state index contributed by atoms with van der Waals surface area (Å²) in [6, 6.07) is 0.370. The van der Waals surface area contributed by atoms with Crippen LogP contribution < -0.4 is 11.5 Å². The van der Waals surface area contributed by atoms with Crippen LogP contribution >= 0.6 is 0 Å². The van der Waals surface area contributed by atoms with Crippen LogP contribution in [0.3, 0.4) is 0 Å². The van der Waals surface area contributed by atoms with Crippen molar-refractivity contribution in [3.8, 4) is 0 Å². The molecule has 3 atom stereocenters. The normalized spacial score (nSPS) is 18.7. The topological polar surface area (TPSA) is 52.0 Å². The van der Waals surface area contributed by atoms with Crippen LogP contribution in [0.2, 0.25) is 5.82 Å². The molecule has 0 rings (SSSR count). The highest BCUT2D eigenvalue weighted by Crippen LogP contribution is 2.12. The van der Waals surface area contributed by atoms with Crippen LogP contribution in [0.1, 0.15) is 33.1 Å². The minimum absolute atomic E-state index is 0.370.